The molecular weight excluding hydrogens is 246 g/mol. The van der Waals surface area contributed by atoms with Crippen molar-refractivity contribution in [3.05, 3.63) is 78.1 Å². The molecule has 0 amide bonds. The molecule has 2 aromatic carbocycles. The molecule has 2 aromatic rings. The predicted octanol–water partition coefficient (Wildman–Crippen LogP) is 4.03. The second-order valence-corrected chi connectivity index (χ2v) is 4.35. The number of para-hydroxylation sites is 1. The molecule has 0 saturated heterocycles. The lowest BCUT2D eigenvalue weighted by Crippen LogP contribution is -2.02. The van der Waals surface area contributed by atoms with Gasteiger partial charge >= 0.3 is 0 Å². The van der Waals surface area contributed by atoms with E-state index in [4.69, 9.17) is 0 Å². The van der Waals surface area contributed by atoms with Crippen LogP contribution in [-0.2, 0) is 0 Å². The Morgan fingerprint density at radius 2 is 1.65 bits per heavy atom. The Hall–Kier alpha value is -2.68. The number of anilines is 1. The maximum Gasteiger partial charge on any atom is 0.160 e. The number of aryl methyl sites for hydroxylation is 1. The van der Waals surface area contributed by atoms with Crippen molar-refractivity contribution in [3.8, 4) is 0 Å². The molecular formula is C17H17N3. The van der Waals surface area contributed by atoms with Crippen molar-refractivity contribution in [3.63, 3.8) is 0 Å². The molecule has 0 atom stereocenters. The number of nitrogens with zero attached hydrogens (tertiary/aromatic N) is 2. The molecule has 0 unspecified atom stereocenters. The zero-order valence-corrected chi connectivity index (χ0v) is 11.5. The maximum absolute atomic E-state index is 4.38. The van der Waals surface area contributed by atoms with Gasteiger partial charge in [-0.1, -0.05) is 55.1 Å². The van der Waals surface area contributed by atoms with Gasteiger partial charge in [-0.15, -0.1) is 0 Å². The van der Waals surface area contributed by atoms with E-state index >= 15 is 0 Å². The summed E-state index contributed by atoms with van der Waals surface area (Å²) in [5.41, 5.74) is 3.03. The van der Waals surface area contributed by atoms with Crippen molar-refractivity contribution in [2.45, 2.75) is 6.92 Å². The zero-order chi connectivity index (χ0) is 14.4. The molecule has 3 nitrogen and oxygen atoms in total. The van der Waals surface area contributed by atoms with Crippen LogP contribution >= 0.6 is 0 Å². The molecule has 3 heteroatoms. The minimum absolute atomic E-state index is 0.533. The minimum atomic E-state index is 0.533. The summed E-state index contributed by atoms with van der Waals surface area (Å²) in [7, 11) is 0. The summed E-state index contributed by atoms with van der Waals surface area (Å²) >= 11 is 0. The Kier molecular flexibility index (Phi) is 4.45. The van der Waals surface area contributed by atoms with E-state index in [1.54, 1.807) is 0 Å². The largest absolute Gasteiger partial charge is 0.340 e. The first-order valence-corrected chi connectivity index (χ1v) is 6.33. The van der Waals surface area contributed by atoms with Gasteiger partial charge in [0.15, 0.2) is 5.84 Å². The lowest BCUT2D eigenvalue weighted by atomic mass is 10.2. The molecule has 0 fully saturated rings. The molecule has 0 spiro atoms. The number of hydrogen-bond acceptors (Lipinski definition) is 2. The molecule has 0 bridgehead atoms. The van der Waals surface area contributed by atoms with E-state index in [9.17, 15) is 0 Å². The van der Waals surface area contributed by atoms with Crippen LogP contribution in [0.5, 0.6) is 0 Å². The first-order valence-electron chi connectivity index (χ1n) is 6.33. The van der Waals surface area contributed by atoms with Gasteiger partial charge in [-0.3, -0.25) is 0 Å². The Morgan fingerprint density at radius 3 is 2.30 bits per heavy atom. The Labute approximate surface area is 119 Å². The Bertz CT molecular complexity index is 642. The first kappa shape index (κ1) is 13.7. The van der Waals surface area contributed by atoms with Crippen LogP contribution in [0.4, 0.5) is 5.69 Å². The third kappa shape index (κ3) is 3.42. The Morgan fingerprint density at radius 1 is 1.00 bits per heavy atom. The first-order chi connectivity index (χ1) is 9.70. The van der Waals surface area contributed by atoms with E-state index in [0.717, 1.165) is 16.8 Å². The predicted molar refractivity (Wildman–Crippen MR) is 86.5 cm³/mol. The fourth-order valence-electron chi connectivity index (χ4n) is 1.80. The average molecular weight is 263 g/mol. The third-order valence-electron chi connectivity index (χ3n) is 2.85. The van der Waals surface area contributed by atoms with Crippen LogP contribution in [0.25, 0.3) is 0 Å². The highest BCUT2D eigenvalue weighted by atomic mass is 15.1. The quantitative estimate of drug-likeness (QED) is 0.656. The third-order valence-corrected chi connectivity index (χ3v) is 2.85. The number of rotatable bonds is 4. The monoisotopic (exact) mass is 263 g/mol. The standard InChI is InChI=1S/C17H17N3/c1-13-9-7-8-12-16(13)19-14(2)20-17(18-3)15-10-5-4-6-11-15/h4-12,19H,2-3H2,1H3. The van der Waals surface area contributed by atoms with Gasteiger partial charge < -0.3 is 5.32 Å². The molecule has 2 rings (SSSR count). The number of benzene rings is 2. The topological polar surface area (TPSA) is 36.8 Å². The summed E-state index contributed by atoms with van der Waals surface area (Å²) in [6.07, 6.45) is 0. The molecule has 0 radical (unpaired) electrons. The smallest absolute Gasteiger partial charge is 0.160 e. The van der Waals surface area contributed by atoms with E-state index in [-0.39, 0.29) is 0 Å². The lowest BCUT2D eigenvalue weighted by molar-refractivity contribution is 1.28. The highest BCUT2D eigenvalue weighted by molar-refractivity contribution is 6.02. The summed E-state index contributed by atoms with van der Waals surface area (Å²) in [5.74, 6) is 1.09. The van der Waals surface area contributed by atoms with Gasteiger partial charge in [-0.25, -0.2) is 9.98 Å². The van der Waals surface area contributed by atoms with E-state index in [1.165, 1.54) is 0 Å². The summed E-state index contributed by atoms with van der Waals surface area (Å²) in [6.45, 7) is 9.51. The summed E-state index contributed by atoms with van der Waals surface area (Å²) < 4.78 is 0. The second-order valence-electron chi connectivity index (χ2n) is 4.35. The van der Waals surface area contributed by atoms with Crippen molar-refractivity contribution >= 4 is 18.2 Å². The van der Waals surface area contributed by atoms with Gasteiger partial charge in [-0.05, 0) is 25.3 Å². The molecule has 0 aliphatic carbocycles. The van der Waals surface area contributed by atoms with Crippen LogP contribution in [0, 0.1) is 6.92 Å². The molecule has 0 aromatic heterocycles. The van der Waals surface area contributed by atoms with Gasteiger partial charge in [0.05, 0.1) is 0 Å². The molecule has 0 aliphatic heterocycles. The van der Waals surface area contributed by atoms with Crippen LogP contribution in [-0.4, -0.2) is 12.6 Å². The molecule has 100 valence electrons. The van der Waals surface area contributed by atoms with Crippen LogP contribution in [0.2, 0.25) is 0 Å². The summed E-state index contributed by atoms with van der Waals surface area (Å²) in [4.78, 5) is 8.35. The van der Waals surface area contributed by atoms with Gasteiger partial charge in [0, 0.05) is 11.3 Å². The van der Waals surface area contributed by atoms with E-state index < -0.39 is 0 Å². The van der Waals surface area contributed by atoms with Crippen LogP contribution in [0.15, 0.2) is 77.0 Å². The SMILES string of the molecule is C=NC(=NC(=C)Nc1ccccc1C)c1ccccc1. The lowest BCUT2D eigenvalue weighted by Gasteiger charge is -2.09. The van der Waals surface area contributed by atoms with Crippen molar-refractivity contribution in [1.29, 1.82) is 0 Å². The van der Waals surface area contributed by atoms with Crippen molar-refractivity contribution in [1.82, 2.24) is 0 Å². The minimum Gasteiger partial charge on any atom is -0.340 e. The fourth-order valence-corrected chi connectivity index (χ4v) is 1.80. The molecule has 20 heavy (non-hydrogen) atoms. The fraction of sp³-hybridized carbons (Fsp3) is 0.0588. The van der Waals surface area contributed by atoms with E-state index in [1.807, 2.05) is 61.5 Å². The molecule has 0 aliphatic rings. The van der Waals surface area contributed by atoms with Crippen molar-refractivity contribution in [2.75, 3.05) is 5.32 Å². The summed E-state index contributed by atoms with van der Waals surface area (Å²) in [6, 6.07) is 17.7. The van der Waals surface area contributed by atoms with E-state index in [0.29, 0.717) is 11.7 Å². The van der Waals surface area contributed by atoms with Crippen LogP contribution in [0.3, 0.4) is 0 Å². The van der Waals surface area contributed by atoms with Crippen molar-refractivity contribution < 1.29 is 0 Å². The number of aliphatic imine (C=N–C) groups is 2. The van der Waals surface area contributed by atoms with Gasteiger partial charge in [0.25, 0.3) is 0 Å². The highest BCUT2D eigenvalue weighted by Gasteiger charge is 2.02. The van der Waals surface area contributed by atoms with Gasteiger partial charge in [0.2, 0.25) is 0 Å². The summed E-state index contributed by atoms with van der Waals surface area (Å²) in [5, 5.41) is 3.17. The van der Waals surface area contributed by atoms with E-state index in [2.05, 4.69) is 28.6 Å². The Balaban J connectivity index is 2.19. The molecule has 0 heterocycles. The number of amidine groups is 1. The van der Waals surface area contributed by atoms with Crippen LogP contribution < -0.4 is 5.32 Å². The van der Waals surface area contributed by atoms with Crippen LogP contribution in [0.1, 0.15) is 11.1 Å². The normalized spacial score (nSPS) is 10.9. The maximum atomic E-state index is 4.38. The van der Waals surface area contributed by atoms with Gasteiger partial charge in [-0.2, -0.15) is 0 Å². The number of nitrogens with one attached hydrogen (secondary N) is 1. The molecule has 1 N–H and O–H groups in total. The second kappa shape index (κ2) is 6.48. The average Bonchev–Trinajstić information content (AvgIpc) is 2.48. The zero-order valence-electron chi connectivity index (χ0n) is 11.5. The highest BCUT2D eigenvalue weighted by Crippen LogP contribution is 2.16. The molecule has 0 saturated carbocycles. The van der Waals surface area contributed by atoms with Crippen molar-refractivity contribution in [2.24, 2.45) is 9.98 Å². The number of hydrogen-bond donors (Lipinski definition) is 1. The van der Waals surface area contributed by atoms with Gasteiger partial charge in [0.1, 0.15) is 5.82 Å².